The molecule has 1 aromatic heterocycles. The van der Waals surface area contributed by atoms with Crippen molar-refractivity contribution in [3.05, 3.63) is 44.6 Å². The molecule has 1 N–H and O–H groups in total. The first kappa shape index (κ1) is 12.8. The second-order valence-electron chi connectivity index (χ2n) is 3.28. The summed E-state index contributed by atoms with van der Waals surface area (Å²) in [6.45, 7) is 0. The smallest absolute Gasteiger partial charge is 0.137 e. The van der Waals surface area contributed by atoms with E-state index in [0.29, 0.717) is 26.2 Å². The minimum Gasteiger partial charge on any atom is -0.506 e. The van der Waals surface area contributed by atoms with E-state index in [1.807, 2.05) is 0 Å². The van der Waals surface area contributed by atoms with Crippen LogP contribution in [0.1, 0.15) is 0 Å². The number of hydrogen-bond acceptors (Lipinski definition) is 2. The van der Waals surface area contributed by atoms with Crippen molar-refractivity contribution in [2.24, 2.45) is 0 Å². The predicted octanol–water partition coefficient (Wildman–Crippen LogP) is 5.07. The second-order valence-corrected chi connectivity index (χ2v) is 4.89. The van der Waals surface area contributed by atoms with E-state index in [9.17, 15) is 5.11 Å². The van der Waals surface area contributed by atoms with Gasteiger partial charge in [-0.3, -0.25) is 0 Å². The van der Waals surface area contributed by atoms with Crippen LogP contribution in [0.5, 0.6) is 5.75 Å². The average Bonchev–Trinajstić information content (AvgIpc) is 2.21. The Kier molecular flexibility index (Phi) is 3.69. The third-order valence-electron chi connectivity index (χ3n) is 2.10. The van der Waals surface area contributed by atoms with Crippen LogP contribution >= 0.6 is 46.4 Å². The molecule has 0 aliphatic carbocycles. The molecule has 0 bridgehead atoms. The minimum absolute atomic E-state index is 0.0218. The number of pyridine rings is 1. The number of halogens is 4. The molecular weight excluding hydrogens is 304 g/mol. The van der Waals surface area contributed by atoms with E-state index in [1.54, 1.807) is 12.1 Å². The van der Waals surface area contributed by atoms with Gasteiger partial charge in [-0.2, -0.15) is 0 Å². The zero-order valence-electron chi connectivity index (χ0n) is 8.22. The lowest BCUT2D eigenvalue weighted by Crippen LogP contribution is -1.86. The van der Waals surface area contributed by atoms with Gasteiger partial charge in [0.25, 0.3) is 0 Å². The molecule has 2 nitrogen and oxygen atoms in total. The fourth-order valence-corrected chi connectivity index (χ4v) is 2.63. The maximum atomic E-state index is 9.40. The van der Waals surface area contributed by atoms with Gasteiger partial charge in [0.05, 0.1) is 16.2 Å². The molecule has 17 heavy (non-hydrogen) atoms. The SMILES string of the molecule is Oc1cnc(Cl)c(-c2c(Cl)cc(Cl)cc2Cl)c1. The molecule has 2 rings (SSSR count). The molecule has 0 radical (unpaired) electrons. The number of aromatic hydroxyl groups is 1. The van der Waals surface area contributed by atoms with E-state index in [4.69, 9.17) is 46.4 Å². The fraction of sp³-hybridized carbons (Fsp3) is 0. The van der Waals surface area contributed by atoms with E-state index < -0.39 is 0 Å². The fourth-order valence-electron chi connectivity index (χ4n) is 1.41. The molecule has 6 heteroatoms. The molecule has 0 saturated carbocycles. The van der Waals surface area contributed by atoms with E-state index in [0.717, 1.165) is 0 Å². The minimum atomic E-state index is -0.0218. The van der Waals surface area contributed by atoms with Crippen LogP contribution in [0.2, 0.25) is 20.2 Å². The highest BCUT2D eigenvalue weighted by molar-refractivity contribution is 6.43. The third kappa shape index (κ3) is 2.61. The van der Waals surface area contributed by atoms with Gasteiger partial charge in [-0.15, -0.1) is 0 Å². The van der Waals surface area contributed by atoms with Crippen LogP contribution < -0.4 is 0 Å². The van der Waals surface area contributed by atoms with Crippen molar-refractivity contribution in [1.29, 1.82) is 0 Å². The van der Waals surface area contributed by atoms with Crippen LogP contribution in [0.3, 0.4) is 0 Å². The number of rotatable bonds is 1. The van der Waals surface area contributed by atoms with Crippen molar-refractivity contribution in [3.8, 4) is 16.9 Å². The molecule has 0 aliphatic rings. The molecule has 1 heterocycles. The first-order chi connectivity index (χ1) is 7.99. The molecule has 0 saturated heterocycles. The van der Waals surface area contributed by atoms with Gasteiger partial charge in [0, 0.05) is 16.1 Å². The van der Waals surface area contributed by atoms with E-state index >= 15 is 0 Å². The average molecular weight is 309 g/mol. The van der Waals surface area contributed by atoms with Crippen molar-refractivity contribution in [1.82, 2.24) is 4.98 Å². The molecule has 1 aromatic carbocycles. The van der Waals surface area contributed by atoms with E-state index in [1.165, 1.54) is 12.3 Å². The van der Waals surface area contributed by atoms with E-state index in [-0.39, 0.29) is 10.9 Å². The Morgan fingerprint density at radius 3 is 2.12 bits per heavy atom. The Bertz CT molecular complexity index is 563. The number of hydrogen-bond donors (Lipinski definition) is 1. The number of aromatic nitrogens is 1. The number of benzene rings is 1. The summed E-state index contributed by atoms with van der Waals surface area (Å²) in [6, 6.07) is 4.53. The quantitative estimate of drug-likeness (QED) is 0.746. The van der Waals surface area contributed by atoms with Gasteiger partial charge in [-0.1, -0.05) is 46.4 Å². The van der Waals surface area contributed by atoms with Gasteiger partial charge in [0.15, 0.2) is 0 Å². The lowest BCUT2D eigenvalue weighted by molar-refractivity contribution is 0.473. The van der Waals surface area contributed by atoms with E-state index in [2.05, 4.69) is 4.98 Å². The van der Waals surface area contributed by atoms with Crippen molar-refractivity contribution in [3.63, 3.8) is 0 Å². The highest BCUT2D eigenvalue weighted by Gasteiger charge is 2.14. The Morgan fingerprint density at radius 1 is 0.941 bits per heavy atom. The topological polar surface area (TPSA) is 33.1 Å². The lowest BCUT2D eigenvalue weighted by Gasteiger charge is -2.09. The molecule has 0 atom stereocenters. The Hall–Kier alpha value is -0.670. The summed E-state index contributed by atoms with van der Waals surface area (Å²) in [7, 11) is 0. The molecule has 2 aromatic rings. The molecule has 0 spiro atoms. The van der Waals surface area contributed by atoms with Crippen molar-refractivity contribution < 1.29 is 5.11 Å². The van der Waals surface area contributed by atoms with Gasteiger partial charge in [-0.05, 0) is 18.2 Å². The van der Waals surface area contributed by atoms with Gasteiger partial charge in [-0.25, -0.2) is 4.98 Å². The first-order valence-corrected chi connectivity index (χ1v) is 5.99. The Labute approximate surface area is 118 Å². The summed E-state index contributed by atoms with van der Waals surface area (Å²) < 4.78 is 0. The predicted molar refractivity (Wildman–Crippen MR) is 71.4 cm³/mol. The van der Waals surface area contributed by atoms with Crippen LogP contribution in [-0.2, 0) is 0 Å². The molecule has 0 amide bonds. The highest BCUT2D eigenvalue weighted by atomic mass is 35.5. The van der Waals surface area contributed by atoms with Crippen LogP contribution in [0.15, 0.2) is 24.4 Å². The molecular formula is C11H5Cl4NO. The van der Waals surface area contributed by atoms with Crippen LogP contribution in [0.4, 0.5) is 0 Å². The zero-order chi connectivity index (χ0) is 12.6. The van der Waals surface area contributed by atoms with Crippen molar-refractivity contribution in [2.45, 2.75) is 0 Å². The normalized spacial score (nSPS) is 10.6. The summed E-state index contributed by atoms with van der Waals surface area (Å²) in [6.07, 6.45) is 1.24. The Balaban J connectivity index is 2.72. The summed E-state index contributed by atoms with van der Waals surface area (Å²) in [5, 5.41) is 10.7. The van der Waals surface area contributed by atoms with Gasteiger partial charge in [0.1, 0.15) is 10.9 Å². The monoisotopic (exact) mass is 307 g/mol. The first-order valence-electron chi connectivity index (χ1n) is 4.48. The largest absolute Gasteiger partial charge is 0.506 e. The Morgan fingerprint density at radius 2 is 1.53 bits per heavy atom. The second kappa shape index (κ2) is 4.91. The summed E-state index contributed by atoms with van der Waals surface area (Å²) in [5.74, 6) is -0.0218. The highest BCUT2D eigenvalue weighted by Crippen LogP contribution is 2.40. The molecule has 0 aliphatic heterocycles. The number of nitrogens with zero attached hydrogens (tertiary/aromatic N) is 1. The maximum Gasteiger partial charge on any atom is 0.137 e. The van der Waals surface area contributed by atoms with Crippen LogP contribution in [-0.4, -0.2) is 10.1 Å². The van der Waals surface area contributed by atoms with Crippen molar-refractivity contribution >= 4 is 46.4 Å². The zero-order valence-corrected chi connectivity index (χ0v) is 11.2. The standard InChI is InChI=1S/C11H5Cl4NO/c12-5-1-8(13)10(9(14)2-5)7-3-6(17)4-16-11(7)15/h1-4,17H. The van der Waals surface area contributed by atoms with Crippen LogP contribution in [0, 0.1) is 0 Å². The van der Waals surface area contributed by atoms with Crippen LogP contribution in [0.25, 0.3) is 11.1 Å². The van der Waals surface area contributed by atoms with Gasteiger partial charge < -0.3 is 5.11 Å². The summed E-state index contributed by atoms with van der Waals surface area (Å²) in [5.41, 5.74) is 0.949. The summed E-state index contributed by atoms with van der Waals surface area (Å²) in [4.78, 5) is 3.82. The van der Waals surface area contributed by atoms with Gasteiger partial charge >= 0.3 is 0 Å². The molecule has 0 unspecified atom stereocenters. The molecule has 88 valence electrons. The molecule has 0 fully saturated rings. The third-order valence-corrected chi connectivity index (χ3v) is 3.22. The summed E-state index contributed by atoms with van der Waals surface area (Å²) >= 11 is 23.9. The lowest BCUT2D eigenvalue weighted by atomic mass is 10.1. The maximum absolute atomic E-state index is 9.40. The van der Waals surface area contributed by atoms with Gasteiger partial charge in [0.2, 0.25) is 0 Å². The van der Waals surface area contributed by atoms with Crippen molar-refractivity contribution in [2.75, 3.05) is 0 Å².